The highest BCUT2D eigenvalue weighted by molar-refractivity contribution is 6.29. The molecule has 1 aromatic heterocycles. The molecule has 1 saturated heterocycles. The molecule has 1 fully saturated rings. The lowest BCUT2D eigenvalue weighted by atomic mass is 10.1. The number of aromatic nitrogens is 2. The number of carbonyl (C=O) groups is 1. The average molecular weight is 314 g/mol. The Labute approximate surface area is 129 Å². The quantitative estimate of drug-likeness (QED) is 0.785. The number of hydrogen-bond acceptors (Lipinski definition) is 5. The zero-order valence-corrected chi connectivity index (χ0v) is 13.3. The van der Waals surface area contributed by atoms with Crippen molar-refractivity contribution in [3.63, 3.8) is 0 Å². The summed E-state index contributed by atoms with van der Waals surface area (Å²) in [6, 6.07) is 1.87. The third-order valence-corrected chi connectivity index (χ3v) is 3.18. The van der Waals surface area contributed by atoms with Gasteiger partial charge in [-0.1, -0.05) is 11.6 Å². The molecule has 0 saturated carbocycles. The smallest absolute Gasteiger partial charge is 0.410 e. The first kappa shape index (κ1) is 15.8. The average Bonchev–Trinajstić information content (AvgIpc) is 2.37. The first-order valence-electron chi connectivity index (χ1n) is 6.96. The van der Waals surface area contributed by atoms with E-state index in [0.29, 0.717) is 18.2 Å². The van der Waals surface area contributed by atoms with Gasteiger partial charge in [0.05, 0.1) is 0 Å². The van der Waals surface area contributed by atoms with Crippen LogP contribution in [-0.2, 0) is 4.74 Å². The van der Waals surface area contributed by atoms with Crippen LogP contribution >= 0.6 is 11.6 Å². The molecule has 0 atom stereocenters. The molecule has 0 aliphatic carbocycles. The van der Waals surface area contributed by atoms with Crippen molar-refractivity contribution in [2.45, 2.75) is 45.3 Å². The first-order chi connectivity index (χ1) is 9.83. The Morgan fingerprint density at radius 2 is 2.05 bits per heavy atom. The molecular formula is C14H20ClN3O3. The molecule has 2 heterocycles. The molecule has 1 aromatic rings. The van der Waals surface area contributed by atoms with Crippen LogP contribution in [0.3, 0.4) is 0 Å². The van der Waals surface area contributed by atoms with Gasteiger partial charge in [0, 0.05) is 32.1 Å². The van der Waals surface area contributed by atoms with Crippen molar-refractivity contribution in [2.75, 3.05) is 13.1 Å². The molecule has 0 N–H and O–H groups in total. The number of nitrogens with zero attached hydrogens (tertiary/aromatic N) is 3. The minimum absolute atomic E-state index is 0.0119. The number of rotatable bonds is 2. The minimum atomic E-state index is -0.473. The highest BCUT2D eigenvalue weighted by Crippen LogP contribution is 2.19. The number of halogens is 1. The molecule has 1 aliphatic rings. The van der Waals surface area contributed by atoms with Gasteiger partial charge in [-0.15, -0.1) is 0 Å². The molecule has 6 nitrogen and oxygen atoms in total. The van der Waals surface area contributed by atoms with E-state index in [9.17, 15) is 4.79 Å². The van der Waals surface area contributed by atoms with Crippen LogP contribution < -0.4 is 4.74 Å². The minimum Gasteiger partial charge on any atom is -0.460 e. The maximum Gasteiger partial charge on any atom is 0.410 e. The van der Waals surface area contributed by atoms with Gasteiger partial charge in [0.25, 0.3) is 0 Å². The van der Waals surface area contributed by atoms with Crippen molar-refractivity contribution in [1.82, 2.24) is 14.9 Å². The standard InChI is InChI=1S/C14H20ClN3O3/c1-14(2,3)21-13(19)18-8-5-10(6-9-18)20-12-16-7-4-11(15)17-12/h4,7,10H,5-6,8-9H2,1-3H3. The van der Waals surface area contributed by atoms with Crippen LogP contribution in [0.1, 0.15) is 33.6 Å². The summed E-state index contributed by atoms with van der Waals surface area (Å²) in [6.45, 7) is 6.77. The Morgan fingerprint density at radius 1 is 1.38 bits per heavy atom. The molecule has 0 radical (unpaired) electrons. The summed E-state index contributed by atoms with van der Waals surface area (Å²) in [6.07, 6.45) is 2.70. The van der Waals surface area contributed by atoms with E-state index in [2.05, 4.69) is 9.97 Å². The lowest BCUT2D eigenvalue weighted by molar-refractivity contribution is 0.0119. The van der Waals surface area contributed by atoms with E-state index in [-0.39, 0.29) is 18.2 Å². The van der Waals surface area contributed by atoms with E-state index < -0.39 is 5.60 Å². The van der Waals surface area contributed by atoms with Gasteiger partial charge in [-0.3, -0.25) is 0 Å². The maximum atomic E-state index is 11.9. The fourth-order valence-corrected chi connectivity index (χ4v) is 2.14. The lowest BCUT2D eigenvalue weighted by Crippen LogP contribution is -2.44. The predicted molar refractivity (Wildman–Crippen MR) is 78.5 cm³/mol. The molecule has 0 unspecified atom stereocenters. The summed E-state index contributed by atoms with van der Waals surface area (Å²) in [5.74, 6) is 0. The van der Waals surface area contributed by atoms with Crippen LogP contribution in [-0.4, -0.2) is 45.8 Å². The van der Waals surface area contributed by atoms with E-state index in [1.54, 1.807) is 17.2 Å². The second kappa shape index (κ2) is 6.47. The second-order valence-electron chi connectivity index (χ2n) is 5.95. The van der Waals surface area contributed by atoms with Crippen molar-refractivity contribution < 1.29 is 14.3 Å². The van der Waals surface area contributed by atoms with Gasteiger partial charge < -0.3 is 14.4 Å². The van der Waals surface area contributed by atoms with E-state index in [1.165, 1.54) is 0 Å². The SMILES string of the molecule is CC(C)(C)OC(=O)N1CCC(Oc2nccc(Cl)n2)CC1. The van der Waals surface area contributed by atoms with Crippen LogP contribution in [0.2, 0.25) is 5.15 Å². The van der Waals surface area contributed by atoms with E-state index >= 15 is 0 Å². The maximum absolute atomic E-state index is 11.9. The lowest BCUT2D eigenvalue weighted by Gasteiger charge is -2.33. The van der Waals surface area contributed by atoms with Crippen molar-refractivity contribution >= 4 is 17.7 Å². The fourth-order valence-electron chi connectivity index (χ4n) is 2.01. The Bertz CT molecular complexity index is 496. The summed E-state index contributed by atoms with van der Waals surface area (Å²) in [5.41, 5.74) is -0.473. The largest absolute Gasteiger partial charge is 0.460 e. The van der Waals surface area contributed by atoms with E-state index in [1.807, 2.05) is 20.8 Å². The highest BCUT2D eigenvalue weighted by atomic mass is 35.5. The Morgan fingerprint density at radius 3 is 2.62 bits per heavy atom. The Kier molecular flexibility index (Phi) is 4.88. The van der Waals surface area contributed by atoms with Crippen LogP contribution in [0, 0.1) is 0 Å². The number of piperidine rings is 1. The summed E-state index contributed by atoms with van der Waals surface area (Å²) < 4.78 is 11.0. The van der Waals surface area contributed by atoms with Crippen molar-refractivity contribution in [3.8, 4) is 6.01 Å². The first-order valence-corrected chi connectivity index (χ1v) is 7.34. The topological polar surface area (TPSA) is 64.5 Å². The zero-order chi connectivity index (χ0) is 15.5. The third kappa shape index (κ3) is 5.04. The van der Waals surface area contributed by atoms with E-state index in [0.717, 1.165) is 12.8 Å². The number of likely N-dealkylation sites (tertiary alicyclic amines) is 1. The third-order valence-electron chi connectivity index (χ3n) is 2.97. The van der Waals surface area contributed by atoms with Crippen LogP contribution in [0.15, 0.2) is 12.3 Å². The van der Waals surface area contributed by atoms with Crippen molar-refractivity contribution in [1.29, 1.82) is 0 Å². The Balaban J connectivity index is 1.82. The number of ether oxygens (including phenoxy) is 2. The molecule has 7 heteroatoms. The molecule has 116 valence electrons. The van der Waals surface area contributed by atoms with Gasteiger partial charge in [-0.25, -0.2) is 9.78 Å². The molecule has 0 spiro atoms. The van der Waals surface area contributed by atoms with Crippen LogP contribution in [0.5, 0.6) is 6.01 Å². The Hall–Kier alpha value is -1.56. The normalized spacial score (nSPS) is 16.7. The molecule has 0 aromatic carbocycles. The van der Waals surface area contributed by atoms with E-state index in [4.69, 9.17) is 21.1 Å². The van der Waals surface area contributed by atoms with Crippen LogP contribution in [0.25, 0.3) is 0 Å². The summed E-state index contributed by atoms with van der Waals surface area (Å²) in [7, 11) is 0. The summed E-state index contributed by atoms with van der Waals surface area (Å²) >= 11 is 5.79. The monoisotopic (exact) mass is 313 g/mol. The summed E-state index contributed by atoms with van der Waals surface area (Å²) in [4.78, 5) is 21.7. The molecule has 21 heavy (non-hydrogen) atoms. The zero-order valence-electron chi connectivity index (χ0n) is 12.5. The molecule has 0 bridgehead atoms. The van der Waals surface area contributed by atoms with Gasteiger partial charge in [0.15, 0.2) is 0 Å². The van der Waals surface area contributed by atoms with Gasteiger partial charge in [-0.05, 0) is 26.8 Å². The van der Waals surface area contributed by atoms with Crippen LogP contribution in [0.4, 0.5) is 4.79 Å². The molecule has 2 rings (SSSR count). The van der Waals surface area contributed by atoms with Crippen molar-refractivity contribution in [2.24, 2.45) is 0 Å². The number of carbonyl (C=O) groups excluding carboxylic acids is 1. The second-order valence-corrected chi connectivity index (χ2v) is 6.33. The summed E-state index contributed by atoms with van der Waals surface area (Å²) in [5, 5.41) is 0.353. The van der Waals surface area contributed by atoms with Gasteiger partial charge >= 0.3 is 12.1 Å². The van der Waals surface area contributed by atoms with Gasteiger partial charge in [0.2, 0.25) is 0 Å². The van der Waals surface area contributed by atoms with Crippen molar-refractivity contribution in [3.05, 3.63) is 17.4 Å². The molecule has 1 aliphatic heterocycles. The number of amides is 1. The molecular weight excluding hydrogens is 294 g/mol. The molecule has 1 amide bonds. The number of hydrogen-bond donors (Lipinski definition) is 0. The predicted octanol–water partition coefficient (Wildman–Crippen LogP) is 2.91. The van der Waals surface area contributed by atoms with Gasteiger partial charge in [-0.2, -0.15) is 4.98 Å². The van der Waals surface area contributed by atoms with Gasteiger partial charge in [0.1, 0.15) is 16.9 Å². The fraction of sp³-hybridized carbons (Fsp3) is 0.643. The highest BCUT2D eigenvalue weighted by Gasteiger charge is 2.27.